The Morgan fingerprint density at radius 2 is 2.13 bits per heavy atom. The SMILES string of the molecule is Fc1cc2scc(C3CCC3)c2cc1Br. The fraction of sp³-hybridized carbons (Fsp3) is 0.333. The monoisotopic (exact) mass is 284 g/mol. The molecule has 3 heteroatoms. The first-order valence-electron chi connectivity index (χ1n) is 5.12. The van der Waals surface area contributed by atoms with Crippen LogP contribution >= 0.6 is 27.3 Å². The summed E-state index contributed by atoms with van der Waals surface area (Å²) in [7, 11) is 0. The first kappa shape index (κ1) is 9.79. The van der Waals surface area contributed by atoms with Crippen LogP contribution in [0.1, 0.15) is 30.7 Å². The van der Waals surface area contributed by atoms with Crippen molar-refractivity contribution in [2.45, 2.75) is 25.2 Å². The molecule has 1 aromatic carbocycles. The van der Waals surface area contributed by atoms with E-state index in [0.717, 1.165) is 10.6 Å². The number of halogens is 2. The fourth-order valence-corrected chi connectivity index (χ4v) is 3.47. The highest BCUT2D eigenvalue weighted by molar-refractivity contribution is 9.10. The zero-order valence-electron chi connectivity index (χ0n) is 8.09. The number of benzene rings is 1. The Hall–Kier alpha value is -0.410. The zero-order valence-corrected chi connectivity index (χ0v) is 10.5. The molecule has 3 rings (SSSR count). The molecule has 1 aliphatic rings. The van der Waals surface area contributed by atoms with Gasteiger partial charge in [0, 0.05) is 4.70 Å². The van der Waals surface area contributed by atoms with Crippen LogP contribution in [0, 0.1) is 5.82 Å². The molecule has 2 aromatic rings. The van der Waals surface area contributed by atoms with E-state index in [1.807, 2.05) is 6.07 Å². The van der Waals surface area contributed by atoms with Gasteiger partial charge in [0.05, 0.1) is 4.47 Å². The minimum absolute atomic E-state index is 0.162. The van der Waals surface area contributed by atoms with Crippen LogP contribution in [0.25, 0.3) is 10.1 Å². The van der Waals surface area contributed by atoms with Crippen molar-refractivity contribution < 1.29 is 4.39 Å². The van der Waals surface area contributed by atoms with E-state index in [-0.39, 0.29) is 5.82 Å². The number of hydrogen-bond donors (Lipinski definition) is 0. The normalized spacial score (nSPS) is 16.9. The first-order valence-corrected chi connectivity index (χ1v) is 6.79. The Morgan fingerprint density at radius 1 is 1.33 bits per heavy atom. The molecule has 0 spiro atoms. The molecule has 0 nitrogen and oxygen atoms in total. The molecule has 1 aliphatic carbocycles. The summed E-state index contributed by atoms with van der Waals surface area (Å²) in [6.07, 6.45) is 3.92. The van der Waals surface area contributed by atoms with Gasteiger partial charge in [0.2, 0.25) is 0 Å². The number of rotatable bonds is 1. The molecule has 1 fully saturated rings. The van der Waals surface area contributed by atoms with Crippen LogP contribution in [0.3, 0.4) is 0 Å². The van der Waals surface area contributed by atoms with Crippen LogP contribution in [0.15, 0.2) is 22.0 Å². The third-order valence-electron chi connectivity index (χ3n) is 3.19. The van der Waals surface area contributed by atoms with Gasteiger partial charge in [-0.2, -0.15) is 0 Å². The second-order valence-corrected chi connectivity index (χ2v) is 5.85. The van der Waals surface area contributed by atoms with Gasteiger partial charge in [-0.3, -0.25) is 0 Å². The van der Waals surface area contributed by atoms with E-state index in [0.29, 0.717) is 4.47 Å². The number of thiophene rings is 1. The standard InChI is InChI=1S/C12H10BrFS/c13-10-4-8-9(7-2-1-3-7)6-15-12(8)5-11(10)14/h4-7H,1-3H2. The highest BCUT2D eigenvalue weighted by Crippen LogP contribution is 2.43. The Labute approximate surface area is 100 Å². The van der Waals surface area contributed by atoms with Gasteiger partial charge in [0.1, 0.15) is 5.82 Å². The predicted octanol–water partition coefficient (Wildman–Crippen LogP) is 5.07. The molecule has 0 saturated heterocycles. The third-order valence-corrected chi connectivity index (χ3v) is 4.76. The molecule has 0 radical (unpaired) electrons. The second-order valence-electron chi connectivity index (χ2n) is 4.08. The van der Waals surface area contributed by atoms with Gasteiger partial charge in [-0.25, -0.2) is 4.39 Å². The van der Waals surface area contributed by atoms with Crippen molar-refractivity contribution in [1.82, 2.24) is 0 Å². The Kier molecular flexibility index (Phi) is 2.33. The van der Waals surface area contributed by atoms with E-state index in [2.05, 4.69) is 21.3 Å². The van der Waals surface area contributed by atoms with Crippen molar-refractivity contribution in [3.63, 3.8) is 0 Å². The smallest absolute Gasteiger partial charge is 0.138 e. The lowest BCUT2D eigenvalue weighted by atomic mass is 9.80. The zero-order chi connectivity index (χ0) is 10.4. The van der Waals surface area contributed by atoms with Gasteiger partial charge in [-0.05, 0) is 63.2 Å². The lowest BCUT2D eigenvalue weighted by Gasteiger charge is -2.25. The van der Waals surface area contributed by atoms with Crippen LogP contribution in [0.5, 0.6) is 0 Å². The maximum atomic E-state index is 13.3. The molecule has 0 N–H and O–H groups in total. The molecular formula is C12H10BrFS. The molecule has 0 amide bonds. The van der Waals surface area contributed by atoms with E-state index in [9.17, 15) is 4.39 Å². The van der Waals surface area contributed by atoms with Gasteiger partial charge in [-0.1, -0.05) is 6.42 Å². The summed E-state index contributed by atoms with van der Waals surface area (Å²) in [5.74, 6) is 0.556. The average Bonchev–Trinajstić information content (AvgIpc) is 2.48. The van der Waals surface area contributed by atoms with Crippen molar-refractivity contribution in [1.29, 1.82) is 0 Å². The molecular weight excluding hydrogens is 275 g/mol. The molecule has 78 valence electrons. The minimum Gasteiger partial charge on any atom is -0.206 e. The van der Waals surface area contributed by atoms with Gasteiger partial charge in [0.15, 0.2) is 0 Å². The maximum Gasteiger partial charge on any atom is 0.138 e. The Balaban J connectivity index is 2.19. The highest BCUT2D eigenvalue weighted by atomic mass is 79.9. The van der Waals surface area contributed by atoms with Crippen LogP contribution in [0.4, 0.5) is 4.39 Å². The van der Waals surface area contributed by atoms with Crippen molar-refractivity contribution in [2.24, 2.45) is 0 Å². The largest absolute Gasteiger partial charge is 0.206 e. The molecule has 1 heterocycles. The molecule has 0 atom stereocenters. The topological polar surface area (TPSA) is 0 Å². The summed E-state index contributed by atoms with van der Waals surface area (Å²) in [6.45, 7) is 0. The van der Waals surface area contributed by atoms with Crippen LogP contribution in [-0.2, 0) is 0 Å². The van der Waals surface area contributed by atoms with Crippen LogP contribution in [-0.4, -0.2) is 0 Å². The van der Waals surface area contributed by atoms with E-state index in [1.165, 1.54) is 30.2 Å². The fourth-order valence-electron chi connectivity index (χ4n) is 2.08. The maximum absolute atomic E-state index is 13.3. The van der Waals surface area contributed by atoms with E-state index < -0.39 is 0 Å². The van der Waals surface area contributed by atoms with Gasteiger partial charge in [-0.15, -0.1) is 11.3 Å². The molecule has 15 heavy (non-hydrogen) atoms. The Bertz CT molecular complexity index is 514. The van der Waals surface area contributed by atoms with Crippen LogP contribution in [0.2, 0.25) is 0 Å². The average molecular weight is 285 g/mol. The molecule has 0 unspecified atom stereocenters. The third kappa shape index (κ3) is 1.53. The lowest BCUT2D eigenvalue weighted by molar-refractivity contribution is 0.423. The summed E-state index contributed by atoms with van der Waals surface area (Å²) >= 11 is 4.91. The lowest BCUT2D eigenvalue weighted by Crippen LogP contribution is -2.07. The van der Waals surface area contributed by atoms with Crippen LogP contribution < -0.4 is 0 Å². The van der Waals surface area contributed by atoms with Crippen molar-refractivity contribution in [3.05, 3.63) is 33.4 Å². The van der Waals surface area contributed by atoms with Gasteiger partial charge >= 0.3 is 0 Å². The van der Waals surface area contributed by atoms with Gasteiger partial charge in [0.25, 0.3) is 0 Å². The van der Waals surface area contributed by atoms with Crippen molar-refractivity contribution in [3.8, 4) is 0 Å². The van der Waals surface area contributed by atoms with E-state index in [1.54, 1.807) is 17.4 Å². The summed E-state index contributed by atoms with van der Waals surface area (Å²) in [5.41, 5.74) is 1.42. The summed E-state index contributed by atoms with van der Waals surface area (Å²) < 4.78 is 15.0. The molecule has 1 saturated carbocycles. The molecule has 0 aliphatic heterocycles. The van der Waals surface area contributed by atoms with E-state index >= 15 is 0 Å². The van der Waals surface area contributed by atoms with Crippen molar-refractivity contribution in [2.75, 3.05) is 0 Å². The Morgan fingerprint density at radius 3 is 2.80 bits per heavy atom. The number of hydrogen-bond acceptors (Lipinski definition) is 1. The molecule has 0 bridgehead atoms. The summed E-state index contributed by atoms with van der Waals surface area (Å²) in [5, 5.41) is 3.43. The minimum atomic E-state index is -0.162. The van der Waals surface area contributed by atoms with E-state index in [4.69, 9.17) is 0 Å². The molecule has 1 aromatic heterocycles. The second kappa shape index (κ2) is 3.56. The summed E-state index contributed by atoms with van der Waals surface area (Å²) in [6, 6.07) is 3.56. The quantitative estimate of drug-likeness (QED) is 0.686. The predicted molar refractivity (Wildman–Crippen MR) is 66.1 cm³/mol. The number of fused-ring (bicyclic) bond motifs is 1. The summed E-state index contributed by atoms with van der Waals surface area (Å²) in [4.78, 5) is 0. The highest BCUT2D eigenvalue weighted by Gasteiger charge is 2.22. The van der Waals surface area contributed by atoms with Crippen molar-refractivity contribution >= 4 is 37.4 Å². The first-order chi connectivity index (χ1) is 7.25. The van der Waals surface area contributed by atoms with Gasteiger partial charge < -0.3 is 0 Å².